The molecule has 0 spiro atoms. The van der Waals surface area contributed by atoms with E-state index in [2.05, 4.69) is 10.3 Å². The Bertz CT molecular complexity index is 621. The fourth-order valence-electron chi connectivity index (χ4n) is 1.86. The van der Waals surface area contributed by atoms with Gasteiger partial charge in [0.05, 0.1) is 15.6 Å². The molecular formula is C12H12ClN3OS. The summed E-state index contributed by atoms with van der Waals surface area (Å²) in [5.74, 6) is -0.0184. The van der Waals surface area contributed by atoms with Crippen LogP contribution in [0, 0.1) is 5.41 Å². The van der Waals surface area contributed by atoms with Gasteiger partial charge in [-0.25, -0.2) is 4.98 Å². The summed E-state index contributed by atoms with van der Waals surface area (Å²) < 4.78 is 0.968. The van der Waals surface area contributed by atoms with E-state index < -0.39 is 0 Å². The normalized spacial score (nSPS) is 16.8. The number of fused-ring (bicyclic) bond motifs is 1. The zero-order chi connectivity index (χ0) is 12.8. The number of hydrogen-bond acceptors (Lipinski definition) is 4. The van der Waals surface area contributed by atoms with Crippen LogP contribution in [-0.2, 0) is 4.79 Å². The van der Waals surface area contributed by atoms with Gasteiger partial charge in [0.1, 0.15) is 0 Å². The van der Waals surface area contributed by atoms with Crippen LogP contribution in [0.4, 0.5) is 5.13 Å². The predicted molar refractivity (Wildman–Crippen MR) is 74.0 cm³/mol. The number of hydrogen-bond donors (Lipinski definition) is 2. The number of carbonyl (C=O) groups is 1. The number of rotatable bonds is 3. The standard InChI is InChI=1S/C12H12ClN3OS/c13-7-1-2-8-9(5-7)18-11(15-8)16-10(17)12(6-14)3-4-12/h1-2,5H,3-4,6,14H2,(H,15,16,17). The second kappa shape index (κ2) is 4.19. The third kappa shape index (κ3) is 1.98. The number of carbonyl (C=O) groups excluding carboxylic acids is 1. The first kappa shape index (κ1) is 11.9. The number of anilines is 1. The van der Waals surface area contributed by atoms with Crippen molar-refractivity contribution in [1.82, 2.24) is 4.98 Å². The van der Waals surface area contributed by atoms with Crippen molar-refractivity contribution in [2.45, 2.75) is 12.8 Å². The topological polar surface area (TPSA) is 68.0 Å². The summed E-state index contributed by atoms with van der Waals surface area (Å²) in [6, 6.07) is 5.48. The number of thiazole rings is 1. The molecule has 1 saturated carbocycles. The molecule has 6 heteroatoms. The van der Waals surface area contributed by atoms with Crippen molar-refractivity contribution in [2.24, 2.45) is 11.1 Å². The Morgan fingerprint density at radius 2 is 2.33 bits per heavy atom. The fourth-order valence-corrected chi connectivity index (χ4v) is 2.99. The molecule has 1 aromatic heterocycles. The molecule has 1 heterocycles. The average Bonchev–Trinajstić information content (AvgIpc) is 3.05. The third-order valence-corrected chi connectivity index (χ3v) is 4.47. The molecule has 18 heavy (non-hydrogen) atoms. The van der Waals surface area contributed by atoms with Gasteiger partial charge in [0.2, 0.25) is 5.91 Å². The van der Waals surface area contributed by atoms with Gasteiger partial charge >= 0.3 is 0 Å². The van der Waals surface area contributed by atoms with Gasteiger partial charge in [0.25, 0.3) is 0 Å². The van der Waals surface area contributed by atoms with Gasteiger partial charge in [0.15, 0.2) is 5.13 Å². The van der Waals surface area contributed by atoms with Crippen LogP contribution in [0.5, 0.6) is 0 Å². The zero-order valence-electron chi connectivity index (χ0n) is 9.57. The van der Waals surface area contributed by atoms with E-state index in [9.17, 15) is 4.79 Å². The Morgan fingerprint density at radius 1 is 1.56 bits per heavy atom. The summed E-state index contributed by atoms with van der Waals surface area (Å²) in [6.45, 7) is 0.398. The summed E-state index contributed by atoms with van der Waals surface area (Å²) in [5, 5.41) is 4.13. The van der Waals surface area contributed by atoms with Crippen LogP contribution in [0.25, 0.3) is 10.2 Å². The lowest BCUT2D eigenvalue weighted by Crippen LogP contribution is -2.30. The second-order valence-electron chi connectivity index (χ2n) is 4.57. The molecule has 0 saturated heterocycles. The highest BCUT2D eigenvalue weighted by Crippen LogP contribution is 2.45. The molecule has 1 aliphatic rings. The minimum Gasteiger partial charge on any atom is -0.329 e. The van der Waals surface area contributed by atoms with Crippen molar-refractivity contribution >= 4 is 44.2 Å². The van der Waals surface area contributed by atoms with Crippen LogP contribution < -0.4 is 11.1 Å². The molecule has 3 rings (SSSR count). The van der Waals surface area contributed by atoms with E-state index in [-0.39, 0.29) is 11.3 Å². The molecule has 1 aliphatic carbocycles. The molecule has 1 amide bonds. The molecule has 4 nitrogen and oxygen atoms in total. The van der Waals surface area contributed by atoms with E-state index in [0.29, 0.717) is 16.7 Å². The largest absolute Gasteiger partial charge is 0.329 e. The first-order valence-electron chi connectivity index (χ1n) is 5.71. The van der Waals surface area contributed by atoms with E-state index in [1.165, 1.54) is 11.3 Å². The predicted octanol–water partition coefficient (Wildman–Crippen LogP) is 2.63. The summed E-state index contributed by atoms with van der Waals surface area (Å²) >= 11 is 7.34. The highest BCUT2D eigenvalue weighted by Gasteiger charge is 2.48. The molecule has 1 aromatic carbocycles. The lowest BCUT2D eigenvalue weighted by atomic mass is 10.1. The highest BCUT2D eigenvalue weighted by atomic mass is 35.5. The summed E-state index contributed by atoms with van der Waals surface area (Å²) in [4.78, 5) is 16.4. The van der Waals surface area contributed by atoms with Crippen LogP contribution in [0.15, 0.2) is 18.2 Å². The molecule has 0 aliphatic heterocycles. The zero-order valence-corrected chi connectivity index (χ0v) is 11.1. The first-order valence-corrected chi connectivity index (χ1v) is 6.90. The molecule has 0 radical (unpaired) electrons. The highest BCUT2D eigenvalue weighted by molar-refractivity contribution is 7.22. The Balaban J connectivity index is 1.85. The second-order valence-corrected chi connectivity index (χ2v) is 6.04. The molecule has 3 N–H and O–H groups in total. The number of nitrogens with two attached hydrogens (primary N) is 1. The lowest BCUT2D eigenvalue weighted by Gasteiger charge is -2.10. The van der Waals surface area contributed by atoms with Crippen LogP contribution in [0.2, 0.25) is 5.02 Å². The Kier molecular flexibility index (Phi) is 2.77. The number of aromatic nitrogens is 1. The van der Waals surface area contributed by atoms with Crippen molar-refractivity contribution in [2.75, 3.05) is 11.9 Å². The lowest BCUT2D eigenvalue weighted by molar-refractivity contribution is -0.120. The van der Waals surface area contributed by atoms with Gasteiger partial charge in [-0.05, 0) is 31.0 Å². The number of halogens is 1. The van der Waals surface area contributed by atoms with Crippen LogP contribution in [0.1, 0.15) is 12.8 Å². The monoisotopic (exact) mass is 281 g/mol. The number of nitrogens with zero attached hydrogens (tertiary/aromatic N) is 1. The maximum Gasteiger partial charge on any atom is 0.233 e. The Morgan fingerprint density at radius 3 is 3.00 bits per heavy atom. The van der Waals surface area contributed by atoms with Crippen LogP contribution >= 0.6 is 22.9 Å². The van der Waals surface area contributed by atoms with Crippen LogP contribution in [-0.4, -0.2) is 17.4 Å². The molecule has 2 aromatic rings. The van der Waals surface area contributed by atoms with E-state index in [1.807, 2.05) is 12.1 Å². The molecular weight excluding hydrogens is 270 g/mol. The van der Waals surface area contributed by atoms with Crippen molar-refractivity contribution in [1.29, 1.82) is 0 Å². The van der Waals surface area contributed by atoms with Crippen molar-refractivity contribution in [3.05, 3.63) is 23.2 Å². The van der Waals surface area contributed by atoms with E-state index in [0.717, 1.165) is 23.1 Å². The average molecular weight is 282 g/mol. The van der Waals surface area contributed by atoms with Gasteiger partial charge in [0, 0.05) is 11.6 Å². The smallest absolute Gasteiger partial charge is 0.233 e. The van der Waals surface area contributed by atoms with E-state index >= 15 is 0 Å². The maximum absolute atomic E-state index is 12.0. The summed E-state index contributed by atoms with van der Waals surface area (Å²) in [5.41, 5.74) is 6.12. The Labute approximate surface area is 113 Å². The van der Waals surface area contributed by atoms with Crippen molar-refractivity contribution < 1.29 is 4.79 Å². The van der Waals surface area contributed by atoms with Gasteiger partial charge in [-0.3, -0.25) is 4.79 Å². The third-order valence-electron chi connectivity index (χ3n) is 3.30. The molecule has 0 unspecified atom stereocenters. The molecule has 94 valence electrons. The van der Waals surface area contributed by atoms with E-state index in [4.69, 9.17) is 17.3 Å². The molecule has 1 fully saturated rings. The maximum atomic E-state index is 12.0. The molecule has 0 bridgehead atoms. The van der Waals surface area contributed by atoms with Gasteiger partial charge in [-0.1, -0.05) is 22.9 Å². The minimum atomic E-state index is -0.352. The number of amides is 1. The summed E-state index contributed by atoms with van der Waals surface area (Å²) in [7, 11) is 0. The fraction of sp³-hybridized carbons (Fsp3) is 0.333. The van der Waals surface area contributed by atoms with Gasteiger partial charge in [-0.15, -0.1) is 0 Å². The number of nitrogens with one attached hydrogen (secondary N) is 1. The van der Waals surface area contributed by atoms with Crippen LogP contribution in [0.3, 0.4) is 0 Å². The van der Waals surface area contributed by atoms with E-state index in [1.54, 1.807) is 6.07 Å². The minimum absolute atomic E-state index is 0.0184. The quantitative estimate of drug-likeness (QED) is 0.909. The van der Waals surface area contributed by atoms with Gasteiger partial charge < -0.3 is 11.1 Å². The van der Waals surface area contributed by atoms with Gasteiger partial charge in [-0.2, -0.15) is 0 Å². The Hall–Kier alpha value is -1.17. The van der Waals surface area contributed by atoms with Crippen molar-refractivity contribution in [3.63, 3.8) is 0 Å². The first-order chi connectivity index (χ1) is 8.63. The molecule has 0 atom stereocenters. The number of benzene rings is 1. The summed E-state index contributed by atoms with van der Waals surface area (Å²) in [6.07, 6.45) is 1.73. The van der Waals surface area contributed by atoms with Crippen molar-refractivity contribution in [3.8, 4) is 0 Å². The SMILES string of the molecule is NCC1(C(=O)Nc2nc3ccc(Cl)cc3s2)CC1.